The van der Waals surface area contributed by atoms with Gasteiger partial charge in [0.15, 0.2) is 9.84 Å². The van der Waals surface area contributed by atoms with E-state index in [1.54, 1.807) is 12.1 Å². The molecule has 18 heavy (non-hydrogen) atoms. The van der Waals surface area contributed by atoms with E-state index in [1.165, 1.54) is 6.07 Å². The van der Waals surface area contributed by atoms with Crippen LogP contribution in [0.25, 0.3) is 0 Å². The van der Waals surface area contributed by atoms with Crippen molar-refractivity contribution in [2.75, 3.05) is 30.5 Å². The maximum absolute atomic E-state index is 11.4. The highest BCUT2D eigenvalue weighted by molar-refractivity contribution is 7.90. The second-order valence-corrected chi connectivity index (χ2v) is 5.57. The van der Waals surface area contributed by atoms with E-state index in [0.29, 0.717) is 5.69 Å². The van der Waals surface area contributed by atoms with Gasteiger partial charge in [-0.2, -0.15) is 0 Å². The smallest absolute Gasteiger partial charge is 0.404 e. The molecule has 0 bridgehead atoms. The summed E-state index contributed by atoms with van der Waals surface area (Å²) in [6.07, 6.45) is 0.216. The monoisotopic (exact) mass is 273 g/mol. The Morgan fingerprint density at radius 2 is 2.11 bits per heavy atom. The van der Waals surface area contributed by atoms with Gasteiger partial charge in [-0.1, -0.05) is 6.07 Å². The normalized spacial score (nSPS) is 10.9. The van der Waals surface area contributed by atoms with Crippen molar-refractivity contribution in [2.45, 2.75) is 4.90 Å². The zero-order valence-corrected chi connectivity index (χ0v) is 10.7. The van der Waals surface area contributed by atoms with E-state index in [0.717, 1.165) is 6.26 Å². The van der Waals surface area contributed by atoms with Crippen molar-refractivity contribution in [3.63, 3.8) is 0 Å². The second-order valence-electron chi connectivity index (χ2n) is 3.58. The van der Waals surface area contributed by atoms with Crippen molar-refractivity contribution in [3.8, 4) is 0 Å². The second kappa shape index (κ2) is 5.58. The van der Waals surface area contributed by atoms with Crippen LogP contribution >= 0.6 is 0 Å². The summed E-state index contributed by atoms with van der Waals surface area (Å²) in [6, 6.07) is 4.63. The van der Waals surface area contributed by atoms with E-state index in [9.17, 15) is 13.2 Å². The van der Waals surface area contributed by atoms with Crippen LogP contribution in [0.3, 0.4) is 0 Å². The van der Waals surface area contributed by atoms with Crippen LogP contribution in [0.1, 0.15) is 0 Å². The Morgan fingerprint density at radius 1 is 1.44 bits per heavy atom. The molecule has 0 aromatic heterocycles. The first-order valence-corrected chi connectivity index (χ1v) is 6.96. The number of ether oxygens (including phenoxy) is 1. The fourth-order valence-electron chi connectivity index (χ4n) is 1.36. The molecule has 0 fully saturated rings. The number of anilines is 2. The van der Waals surface area contributed by atoms with Crippen molar-refractivity contribution in [2.24, 2.45) is 5.73 Å². The molecular formula is C10H15N3O4S. The third-order valence-electron chi connectivity index (χ3n) is 2.13. The number of sulfone groups is 1. The van der Waals surface area contributed by atoms with E-state index in [-0.39, 0.29) is 23.7 Å². The van der Waals surface area contributed by atoms with Gasteiger partial charge in [-0.15, -0.1) is 0 Å². The molecule has 100 valence electrons. The fraction of sp³-hybridized carbons (Fsp3) is 0.300. The number of carbonyl (C=O) groups excluding carboxylic acids is 1. The number of nitrogen functional groups attached to an aromatic ring is 1. The van der Waals surface area contributed by atoms with Crippen LogP contribution in [0.2, 0.25) is 0 Å². The number of para-hydroxylation sites is 1. The molecule has 0 spiro atoms. The molecule has 0 saturated heterocycles. The Kier molecular flexibility index (Phi) is 4.38. The largest absolute Gasteiger partial charge is 0.448 e. The predicted molar refractivity (Wildman–Crippen MR) is 68.0 cm³/mol. The zero-order chi connectivity index (χ0) is 13.8. The summed E-state index contributed by atoms with van der Waals surface area (Å²) < 4.78 is 27.4. The van der Waals surface area contributed by atoms with Gasteiger partial charge in [-0.05, 0) is 12.1 Å². The van der Waals surface area contributed by atoms with Crippen LogP contribution in [-0.4, -0.2) is 33.9 Å². The Bertz CT molecular complexity index is 542. The summed E-state index contributed by atoms with van der Waals surface area (Å²) in [6.45, 7) is 0.345. The molecule has 1 amide bonds. The minimum Gasteiger partial charge on any atom is -0.448 e. The van der Waals surface area contributed by atoms with Gasteiger partial charge in [-0.3, -0.25) is 0 Å². The first-order valence-electron chi connectivity index (χ1n) is 5.07. The summed E-state index contributed by atoms with van der Waals surface area (Å²) in [7, 11) is -3.37. The lowest BCUT2D eigenvalue weighted by molar-refractivity contribution is 0.161. The number of rotatable bonds is 5. The minimum absolute atomic E-state index is 0.0586. The molecular weight excluding hydrogens is 258 g/mol. The van der Waals surface area contributed by atoms with Crippen molar-refractivity contribution in [3.05, 3.63) is 18.2 Å². The molecule has 8 heteroatoms. The Labute approximate surface area is 105 Å². The van der Waals surface area contributed by atoms with Crippen LogP contribution in [0.15, 0.2) is 23.1 Å². The van der Waals surface area contributed by atoms with Gasteiger partial charge >= 0.3 is 6.09 Å². The molecule has 1 aromatic carbocycles. The molecule has 0 unspecified atom stereocenters. The van der Waals surface area contributed by atoms with E-state index in [4.69, 9.17) is 11.5 Å². The van der Waals surface area contributed by atoms with Gasteiger partial charge in [0.25, 0.3) is 0 Å². The minimum atomic E-state index is -3.37. The van der Waals surface area contributed by atoms with Gasteiger partial charge in [0.2, 0.25) is 0 Å². The predicted octanol–water partition coefficient (Wildman–Crippen LogP) is 0.180. The lowest BCUT2D eigenvalue weighted by Gasteiger charge is -2.11. The molecule has 0 aliphatic heterocycles. The zero-order valence-electron chi connectivity index (χ0n) is 9.84. The van der Waals surface area contributed by atoms with E-state index < -0.39 is 15.9 Å². The molecule has 5 N–H and O–H groups in total. The number of hydrogen-bond donors (Lipinski definition) is 3. The van der Waals surface area contributed by atoms with Gasteiger partial charge in [0, 0.05) is 12.8 Å². The summed E-state index contributed by atoms with van der Waals surface area (Å²) in [5, 5.41) is 2.86. The molecule has 0 radical (unpaired) electrons. The number of amides is 1. The third-order valence-corrected chi connectivity index (χ3v) is 3.28. The topological polar surface area (TPSA) is 125 Å². The van der Waals surface area contributed by atoms with E-state index in [1.807, 2.05) is 0 Å². The number of hydrogen-bond acceptors (Lipinski definition) is 6. The van der Waals surface area contributed by atoms with E-state index in [2.05, 4.69) is 10.1 Å². The van der Waals surface area contributed by atoms with Gasteiger partial charge in [-0.25, -0.2) is 13.2 Å². The Balaban J connectivity index is 2.76. The van der Waals surface area contributed by atoms with Gasteiger partial charge < -0.3 is 21.5 Å². The number of nitrogens with one attached hydrogen (secondary N) is 1. The van der Waals surface area contributed by atoms with Crippen LogP contribution in [-0.2, 0) is 14.6 Å². The maximum atomic E-state index is 11.4. The summed E-state index contributed by atoms with van der Waals surface area (Å²) in [4.78, 5) is 10.4. The highest BCUT2D eigenvalue weighted by Crippen LogP contribution is 2.26. The number of primary amides is 1. The Hall–Kier alpha value is -1.96. The molecule has 1 rings (SSSR count). The molecule has 0 saturated carbocycles. The summed E-state index contributed by atoms with van der Waals surface area (Å²) in [5.41, 5.74) is 11.1. The molecule has 7 nitrogen and oxygen atoms in total. The first kappa shape index (κ1) is 14.1. The van der Waals surface area contributed by atoms with Crippen molar-refractivity contribution in [1.29, 1.82) is 0 Å². The van der Waals surface area contributed by atoms with Crippen LogP contribution in [0.4, 0.5) is 16.2 Å². The summed E-state index contributed by atoms with van der Waals surface area (Å²) in [5.74, 6) is 0. The lowest BCUT2D eigenvalue weighted by atomic mass is 10.2. The molecule has 0 atom stereocenters. The summed E-state index contributed by atoms with van der Waals surface area (Å²) >= 11 is 0. The average molecular weight is 273 g/mol. The SMILES string of the molecule is CS(=O)(=O)c1cccc(NCCOC(N)=O)c1N. The van der Waals surface area contributed by atoms with Crippen molar-refractivity contribution < 1.29 is 17.9 Å². The number of carbonyl (C=O) groups is 1. The highest BCUT2D eigenvalue weighted by atomic mass is 32.2. The fourth-order valence-corrected chi connectivity index (χ4v) is 2.19. The Morgan fingerprint density at radius 3 is 2.67 bits per heavy atom. The van der Waals surface area contributed by atoms with Crippen molar-refractivity contribution in [1.82, 2.24) is 0 Å². The molecule has 0 aliphatic rings. The van der Waals surface area contributed by atoms with Crippen molar-refractivity contribution >= 4 is 27.3 Å². The number of nitrogens with two attached hydrogens (primary N) is 2. The van der Waals surface area contributed by atoms with Crippen LogP contribution < -0.4 is 16.8 Å². The number of benzene rings is 1. The van der Waals surface area contributed by atoms with Gasteiger partial charge in [0.05, 0.1) is 16.3 Å². The molecule has 1 aromatic rings. The van der Waals surface area contributed by atoms with Crippen LogP contribution in [0, 0.1) is 0 Å². The van der Waals surface area contributed by atoms with E-state index >= 15 is 0 Å². The third kappa shape index (κ3) is 3.81. The molecule has 0 heterocycles. The highest BCUT2D eigenvalue weighted by Gasteiger charge is 2.13. The first-order chi connectivity index (χ1) is 8.32. The van der Waals surface area contributed by atoms with Crippen LogP contribution in [0.5, 0.6) is 0 Å². The van der Waals surface area contributed by atoms with Gasteiger partial charge in [0.1, 0.15) is 6.61 Å². The quantitative estimate of drug-likeness (QED) is 0.519. The average Bonchev–Trinajstić information content (AvgIpc) is 2.24. The standard InChI is InChI=1S/C10H15N3O4S/c1-18(15,16)8-4-2-3-7(9(8)11)13-5-6-17-10(12)14/h2-4,13H,5-6,11H2,1H3,(H2,12,14). The molecule has 0 aliphatic carbocycles. The maximum Gasteiger partial charge on any atom is 0.404 e. The lowest BCUT2D eigenvalue weighted by Crippen LogP contribution is -2.19.